The molecule has 0 amide bonds. The highest BCUT2D eigenvalue weighted by Gasteiger charge is 2.31. The van der Waals surface area contributed by atoms with Crippen LogP contribution in [0.3, 0.4) is 0 Å². The van der Waals surface area contributed by atoms with Crippen LogP contribution in [0.25, 0.3) is 22.5 Å². The van der Waals surface area contributed by atoms with Crippen molar-refractivity contribution in [3.05, 3.63) is 121 Å². The first-order chi connectivity index (χ1) is 18.3. The zero-order chi connectivity index (χ0) is 26.8. The Morgan fingerprint density at radius 2 is 1.16 bits per heavy atom. The molecule has 0 spiro atoms. The normalized spacial score (nSPS) is 11.1. The second-order valence-corrected chi connectivity index (χ2v) is 9.15. The van der Waals surface area contributed by atoms with Crippen LogP contribution in [0.4, 0.5) is 0 Å². The number of H-pyrrole nitrogens is 4. The van der Waals surface area contributed by atoms with Gasteiger partial charge in [0.15, 0.2) is 6.61 Å². The van der Waals surface area contributed by atoms with Crippen molar-refractivity contribution in [3.8, 4) is 28.3 Å². The Hall–Kier alpha value is -5.05. The molecule has 0 aliphatic carbocycles. The molecule has 9 nitrogen and oxygen atoms in total. The Morgan fingerprint density at radius 1 is 0.711 bits per heavy atom. The number of hydrogen-bond acceptors (Lipinski definition) is 4. The molecule has 0 saturated carbocycles. The molecule has 0 bridgehead atoms. The summed E-state index contributed by atoms with van der Waals surface area (Å²) in [4.78, 5) is 37.6. The number of rotatable bonds is 8. The van der Waals surface area contributed by atoms with Crippen molar-refractivity contribution in [3.63, 3.8) is 0 Å². The van der Waals surface area contributed by atoms with Crippen molar-refractivity contribution < 1.29 is 14.6 Å². The maximum atomic E-state index is 13.3. The molecule has 0 atom stereocenters. The minimum Gasteiger partial charge on any atom is -0.482 e. The van der Waals surface area contributed by atoms with Crippen LogP contribution in [-0.2, 0) is 4.79 Å². The average molecular weight is 511 g/mol. The first-order valence-corrected chi connectivity index (χ1v) is 12.0. The molecule has 192 valence electrons. The number of ether oxygens (including phenoxy) is 1. The van der Waals surface area contributed by atoms with Crippen molar-refractivity contribution in [2.24, 2.45) is 0 Å². The third-order valence-corrected chi connectivity index (χ3v) is 6.46. The molecule has 0 unspecified atom stereocenters. The van der Waals surface area contributed by atoms with Crippen molar-refractivity contribution in [1.29, 1.82) is 0 Å². The molecule has 0 aliphatic rings. The Bertz CT molecular complexity index is 1590. The Morgan fingerprint density at radius 3 is 1.58 bits per heavy atom. The van der Waals surface area contributed by atoms with E-state index in [2.05, 4.69) is 20.4 Å². The Balaban J connectivity index is 1.72. The predicted octanol–water partition coefficient (Wildman–Crippen LogP) is 4.31. The van der Waals surface area contributed by atoms with E-state index in [0.717, 1.165) is 22.3 Å². The fraction of sp³-hybridized carbons (Fsp3) is 0.138. The monoisotopic (exact) mass is 510 g/mol. The zero-order valence-corrected chi connectivity index (χ0v) is 20.8. The number of benzene rings is 3. The minimum absolute atomic E-state index is 0.354. The van der Waals surface area contributed by atoms with Crippen molar-refractivity contribution >= 4 is 5.97 Å². The maximum absolute atomic E-state index is 13.3. The van der Waals surface area contributed by atoms with Gasteiger partial charge in [0.25, 0.3) is 11.1 Å². The van der Waals surface area contributed by atoms with E-state index in [9.17, 15) is 14.4 Å². The third-order valence-electron chi connectivity index (χ3n) is 6.46. The molecular formula is C29H26N4O5. The molecule has 0 fully saturated rings. The summed E-state index contributed by atoms with van der Waals surface area (Å²) in [7, 11) is 0. The highest BCUT2D eigenvalue weighted by Crippen LogP contribution is 2.38. The molecule has 3 aromatic carbocycles. The van der Waals surface area contributed by atoms with Gasteiger partial charge in [-0.1, -0.05) is 71.8 Å². The minimum atomic E-state index is -1.09. The molecule has 0 radical (unpaired) electrons. The molecular weight excluding hydrogens is 484 g/mol. The summed E-state index contributed by atoms with van der Waals surface area (Å²) in [6, 6.07) is 22.2. The van der Waals surface area contributed by atoms with Crippen LogP contribution in [0, 0.1) is 13.8 Å². The molecule has 0 aliphatic heterocycles. The number of aryl methyl sites for hydroxylation is 2. The summed E-state index contributed by atoms with van der Waals surface area (Å²) in [6.07, 6.45) is 0. The van der Waals surface area contributed by atoms with Gasteiger partial charge in [-0.05, 0) is 42.7 Å². The van der Waals surface area contributed by atoms with E-state index < -0.39 is 18.5 Å². The van der Waals surface area contributed by atoms with Crippen LogP contribution >= 0.6 is 0 Å². The van der Waals surface area contributed by atoms with Gasteiger partial charge in [-0.15, -0.1) is 0 Å². The fourth-order valence-corrected chi connectivity index (χ4v) is 4.56. The van der Waals surface area contributed by atoms with Crippen molar-refractivity contribution in [2.45, 2.75) is 19.8 Å². The molecule has 2 aromatic heterocycles. The summed E-state index contributed by atoms with van der Waals surface area (Å²) in [5.41, 5.74) is 5.58. The molecule has 2 heterocycles. The van der Waals surface area contributed by atoms with Gasteiger partial charge >= 0.3 is 5.97 Å². The van der Waals surface area contributed by atoms with E-state index in [4.69, 9.17) is 9.84 Å². The number of hydrogen-bond donors (Lipinski definition) is 5. The maximum Gasteiger partial charge on any atom is 0.341 e. The van der Waals surface area contributed by atoms with Crippen LogP contribution in [-0.4, -0.2) is 38.1 Å². The number of nitrogens with one attached hydrogen (secondary N) is 4. The van der Waals surface area contributed by atoms with E-state index in [1.165, 1.54) is 0 Å². The molecule has 9 heteroatoms. The number of aromatic amines is 4. The van der Waals surface area contributed by atoms with Gasteiger partial charge in [-0.2, -0.15) is 0 Å². The largest absolute Gasteiger partial charge is 0.482 e. The quantitative estimate of drug-likeness (QED) is 0.211. The molecule has 38 heavy (non-hydrogen) atoms. The number of aliphatic carboxylic acids is 1. The summed E-state index contributed by atoms with van der Waals surface area (Å²) >= 11 is 0. The SMILES string of the molecule is Cc1ccc(-c2[nH][nH]c(=O)c2C(c2ccc(OCC(=O)O)cc2)c2c(-c3ccc(C)cc3)[nH][nH]c2=O)cc1. The number of carboxylic acid groups (broad SMARTS) is 1. The summed E-state index contributed by atoms with van der Waals surface area (Å²) in [5.74, 6) is -1.49. The Kier molecular flexibility index (Phi) is 6.57. The van der Waals surface area contributed by atoms with Crippen molar-refractivity contribution in [2.75, 3.05) is 6.61 Å². The number of carbonyl (C=O) groups is 1. The summed E-state index contributed by atoms with van der Waals surface area (Å²) in [6.45, 7) is 3.48. The first-order valence-electron chi connectivity index (χ1n) is 12.0. The van der Waals surface area contributed by atoms with Gasteiger partial charge in [0.05, 0.1) is 22.5 Å². The van der Waals surface area contributed by atoms with Gasteiger partial charge in [-0.3, -0.25) is 30.0 Å². The molecule has 5 N–H and O–H groups in total. The lowest BCUT2D eigenvalue weighted by Crippen LogP contribution is -2.20. The zero-order valence-electron chi connectivity index (χ0n) is 20.8. The third kappa shape index (κ3) is 4.81. The first kappa shape index (κ1) is 24.6. The van der Waals surface area contributed by atoms with E-state index in [1.54, 1.807) is 24.3 Å². The summed E-state index contributed by atoms with van der Waals surface area (Å²) in [5, 5.41) is 20.3. The van der Waals surface area contributed by atoms with Gasteiger partial charge < -0.3 is 9.84 Å². The lowest BCUT2D eigenvalue weighted by atomic mass is 9.83. The second kappa shape index (κ2) is 10.1. The predicted molar refractivity (Wildman–Crippen MR) is 144 cm³/mol. The fourth-order valence-electron chi connectivity index (χ4n) is 4.56. The lowest BCUT2D eigenvalue weighted by Gasteiger charge is -2.18. The van der Waals surface area contributed by atoms with Gasteiger partial charge in [-0.25, -0.2) is 4.79 Å². The van der Waals surface area contributed by atoms with E-state index in [0.29, 0.717) is 33.8 Å². The van der Waals surface area contributed by atoms with Crippen LogP contribution in [0.1, 0.15) is 33.7 Å². The van der Waals surface area contributed by atoms with Gasteiger partial charge in [0, 0.05) is 5.92 Å². The number of aromatic nitrogens is 4. The molecule has 5 rings (SSSR count). The van der Waals surface area contributed by atoms with Gasteiger partial charge in [0.2, 0.25) is 0 Å². The lowest BCUT2D eigenvalue weighted by molar-refractivity contribution is -0.139. The molecule has 0 saturated heterocycles. The Labute approximate surface area is 217 Å². The van der Waals surface area contributed by atoms with Crippen LogP contribution in [0.2, 0.25) is 0 Å². The van der Waals surface area contributed by atoms with Gasteiger partial charge in [0.1, 0.15) is 5.75 Å². The summed E-state index contributed by atoms with van der Waals surface area (Å²) < 4.78 is 5.29. The van der Waals surface area contributed by atoms with Crippen molar-refractivity contribution in [1.82, 2.24) is 20.4 Å². The highest BCUT2D eigenvalue weighted by molar-refractivity contribution is 5.71. The standard InChI is InChI=1S/C29H26N4O5/c1-16-3-7-19(8-4-16)26-24(28(36)32-30-26)23(18-11-13-21(14-12-18)38-15-22(34)35)25-27(31-33-29(25)37)20-9-5-17(2)6-10-20/h3-14,23H,15H2,1-2H3,(H,34,35)(H2,30,32,36)(H2,31,33,37). The molecule has 5 aromatic rings. The smallest absolute Gasteiger partial charge is 0.341 e. The van der Waals surface area contributed by atoms with E-state index >= 15 is 0 Å². The van der Waals surface area contributed by atoms with Crippen LogP contribution in [0.5, 0.6) is 5.75 Å². The van der Waals surface area contributed by atoms with E-state index in [-0.39, 0.29) is 11.1 Å². The highest BCUT2D eigenvalue weighted by atomic mass is 16.5. The van der Waals surface area contributed by atoms with Crippen LogP contribution < -0.4 is 15.9 Å². The van der Waals surface area contributed by atoms with Crippen LogP contribution in [0.15, 0.2) is 82.4 Å². The number of carboxylic acids is 1. The van der Waals surface area contributed by atoms with E-state index in [1.807, 2.05) is 62.4 Å². The second-order valence-electron chi connectivity index (χ2n) is 9.15. The topological polar surface area (TPSA) is 144 Å². The average Bonchev–Trinajstić information content (AvgIpc) is 3.48.